The molecular formula is C19H26N2O2. The van der Waals surface area contributed by atoms with E-state index in [1.807, 2.05) is 24.3 Å². The van der Waals surface area contributed by atoms with E-state index in [4.69, 9.17) is 0 Å². The average Bonchev–Trinajstić information content (AvgIpc) is 3.11. The maximum Gasteiger partial charge on any atom is 0.224 e. The summed E-state index contributed by atoms with van der Waals surface area (Å²) in [7, 11) is 0. The minimum absolute atomic E-state index is 0.0878. The number of amides is 2. The van der Waals surface area contributed by atoms with Gasteiger partial charge in [0, 0.05) is 18.7 Å². The van der Waals surface area contributed by atoms with Crippen molar-refractivity contribution in [3.05, 3.63) is 29.8 Å². The van der Waals surface area contributed by atoms with E-state index in [-0.39, 0.29) is 17.9 Å². The molecule has 0 saturated heterocycles. The van der Waals surface area contributed by atoms with Crippen LogP contribution in [0.15, 0.2) is 24.3 Å². The van der Waals surface area contributed by atoms with Crippen molar-refractivity contribution in [3.63, 3.8) is 0 Å². The van der Waals surface area contributed by atoms with Gasteiger partial charge in [0.2, 0.25) is 11.8 Å². The van der Waals surface area contributed by atoms with Crippen LogP contribution in [0.4, 0.5) is 5.69 Å². The third-order valence-corrected chi connectivity index (χ3v) is 5.46. The summed E-state index contributed by atoms with van der Waals surface area (Å²) in [6.07, 6.45) is 5.79. The molecule has 0 radical (unpaired) electrons. The van der Waals surface area contributed by atoms with Gasteiger partial charge < -0.3 is 10.6 Å². The molecule has 2 saturated carbocycles. The zero-order valence-electron chi connectivity index (χ0n) is 14.0. The summed E-state index contributed by atoms with van der Waals surface area (Å²) in [6, 6.07) is 7.74. The molecule has 2 bridgehead atoms. The Morgan fingerprint density at radius 3 is 2.48 bits per heavy atom. The van der Waals surface area contributed by atoms with Gasteiger partial charge >= 0.3 is 0 Å². The molecule has 0 aromatic heterocycles. The number of hydrogen-bond donors (Lipinski definition) is 2. The highest BCUT2D eigenvalue weighted by Crippen LogP contribution is 2.49. The van der Waals surface area contributed by atoms with Crippen LogP contribution in [-0.2, 0) is 16.0 Å². The van der Waals surface area contributed by atoms with E-state index in [1.165, 1.54) is 32.6 Å². The van der Waals surface area contributed by atoms with Crippen molar-refractivity contribution in [3.8, 4) is 0 Å². The molecule has 23 heavy (non-hydrogen) atoms. The van der Waals surface area contributed by atoms with Crippen LogP contribution in [0.2, 0.25) is 0 Å². The second-order valence-corrected chi connectivity index (χ2v) is 7.25. The standard InChI is InChI=1S/C19H26N2O2/c1-12(18-10-15-3-6-16(18)9-15)20-19(23)11-14-4-7-17(8-5-14)21-13(2)22/h4-5,7-8,12,15-16,18H,3,6,9-11H2,1-2H3,(H,20,23)(H,21,22). The molecule has 4 nitrogen and oxygen atoms in total. The van der Waals surface area contributed by atoms with Gasteiger partial charge in [-0.1, -0.05) is 18.6 Å². The molecule has 0 aliphatic heterocycles. The van der Waals surface area contributed by atoms with Crippen LogP contribution < -0.4 is 10.6 Å². The number of carbonyl (C=O) groups is 2. The van der Waals surface area contributed by atoms with E-state index >= 15 is 0 Å². The highest BCUT2D eigenvalue weighted by Gasteiger charge is 2.42. The second kappa shape index (κ2) is 6.73. The van der Waals surface area contributed by atoms with E-state index in [0.717, 1.165) is 23.1 Å². The van der Waals surface area contributed by atoms with Crippen molar-refractivity contribution in [1.82, 2.24) is 5.32 Å². The molecule has 0 spiro atoms. The Kier molecular flexibility index (Phi) is 4.69. The number of rotatable bonds is 5. The lowest BCUT2D eigenvalue weighted by atomic mass is 9.84. The van der Waals surface area contributed by atoms with Crippen LogP contribution >= 0.6 is 0 Å². The molecule has 2 amide bonds. The van der Waals surface area contributed by atoms with E-state index < -0.39 is 0 Å². The Hall–Kier alpha value is -1.84. The molecule has 1 aromatic carbocycles. The zero-order valence-corrected chi connectivity index (χ0v) is 14.0. The largest absolute Gasteiger partial charge is 0.353 e. The molecule has 3 rings (SSSR count). The molecule has 2 fully saturated rings. The minimum Gasteiger partial charge on any atom is -0.353 e. The van der Waals surface area contributed by atoms with Crippen LogP contribution in [0, 0.1) is 17.8 Å². The molecule has 1 aromatic rings. The first-order valence-corrected chi connectivity index (χ1v) is 8.67. The fraction of sp³-hybridized carbons (Fsp3) is 0.579. The SMILES string of the molecule is CC(=O)Nc1ccc(CC(=O)NC(C)C2CC3CCC2C3)cc1. The maximum atomic E-state index is 12.3. The molecule has 4 heteroatoms. The van der Waals surface area contributed by atoms with Gasteiger partial charge in [-0.3, -0.25) is 9.59 Å². The predicted molar refractivity (Wildman–Crippen MR) is 91.0 cm³/mol. The summed E-state index contributed by atoms with van der Waals surface area (Å²) in [5, 5.41) is 5.92. The van der Waals surface area contributed by atoms with Gasteiger partial charge in [-0.2, -0.15) is 0 Å². The molecule has 0 heterocycles. The molecule has 2 aliphatic carbocycles. The number of hydrogen-bond acceptors (Lipinski definition) is 2. The summed E-state index contributed by atoms with van der Waals surface area (Å²) in [5.41, 5.74) is 1.73. The van der Waals surface area contributed by atoms with Gasteiger partial charge in [0.25, 0.3) is 0 Å². The maximum absolute atomic E-state index is 12.3. The van der Waals surface area contributed by atoms with Crippen LogP contribution in [0.5, 0.6) is 0 Å². The molecular weight excluding hydrogens is 288 g/mol. The number of carbonyl (C=O) groups excluding carboxylic acids is 2. The third kappa shape index (κ3) is 3.92. The fourth-order valence-electron chi connectivity index (χ4n) is 4.41. The molecule has 4 atom stereocenters. The predicted octanol–water partition coefficient (Wildman–Crippen LogP) is 3.13. The first-order valence-electron chi connectivity index (χ1n) is 8.67. The molecule has 4 unspecified atom stereocenters. The summed E-state index contributed by atoms with van der Waals surface area (Å²) in [4.78, 5) is 23.3. The van der Waals surface area contributed by atoms with Gasteiger partial charge in [0.05, 0.1) is 6.42 Å². The Bertz CT molecular complexity index is 582. The number of benzene rings is 1. The van der Waals surface area contributed by atoms with Crippen LogP contribution in [-0.4, -0.2) is 17.9 Å². The monoisotopic (exact) mass is 314 g/mol. The van der Waals surface area contributed by atoms with E-state index in [0.29, 0.717) is 12.3 Å². The summed E-state index contributed by atoms with van der Waals surface area (Å²) in [6.45, 7) is 3.64. The number of nitrogens with one attached hydrogen (secondary N) is 2. The first-order chi connectivity index (χ1) is 11.0. The van der Waals surface area contributed by atoms with Crippen molar-refractivity contribution in [2.45, 2.75) is 52.0 Å². The lowest BCUT2D eigenvalue weighted by molar-refractivity contribution is -0.121. The van der Waals surface area contributed by atoms with Crippen LogP contribution in [0.25, 0.3) is 0 Å². The molecule has 2 N–H and O–H groups in total. The van der Waals surface area contributed by atoms with Crippen LogP contribution in [0.3, 0.4) is 0 Å². The fourth-order valence-corrected chi connectivity index (χ4v) is 4.41. The zero-order chi connectivity index (χ0) is 16.4. The van der Waals surface area contributed by atoms with Gasteiger partial charge in [-0.05, 0) is 61.6 Å². The third-order valence-electron chi connectivity index (χ3n) is 5.46. The first kappa shape index (κ1) is 16.0. The van der Waals surface area contributed by atoms with Crippen molar-refractivity contribution in [2.75, 3.05) is 5.32 Å². The Morgan fingerprint density at radius 2 is 1.91 bits per heavy atom. The van der Waals surface area contributed by atoms with Crippen molar-refractivity contribution in [1.29, 1.82) is 0 Å². The minimum atomic E-state index is -0.0878. The Morgan fingerprint density at radius 1 is 1.17 bits per heavy atom. The van der Waals surface area contributed by atoms with Crippen LogP contribution in [0.1, 0.15) is 45.1 Å². The highest BCUT2D eigenvalue weighted by molar-refractivity contribution is 5.88. The second-order valence-electron chi connectivity index (χ2n) is 7.25. The lowest BCUT2D eigenvalue weighted by Gasteiger charge is -2.28. The van der Waals surface area contributed by atoms with Gasteiger partial charge in [0.1, 0.15) is 0 Å². The summed E-state index contributed by atoms with van der Waals surface area (Å²) < 4.78 is 0. The topological polar surface area (TPSA) is 58.2 Å². The Balaban J connectivity index is 1.50. The van der Waals surface area contributed by atoms with Crippen molar-refractivity contribution in [2.24, 2.45) is 17.8 Å². The molecule has 2 aliphatic rings. The Labute approximate surface area is 138 Å². The molecule has 124 valence electrons. The summed E-state index contributed by atoms with van der Waals surface area (Å²) >= 11 is 0. The van der Waals surface area contributed by atoms with Gasteiger partial charge in [-0.25, -0.2) is 0 Å². The lowest BCUT2D eigenvalue weighted by Crippen LogP contribution is -2.40. The summed E-state index contributed by atoms with van der Waals surface area (Å²) in [5.74, 6) is 2.40. The van der Waals surface area contributed by atoms with Gasteiger partial charge in [-0.15, -0.1) is 0 Å². The van der Waals surface area contributed by atoms with Crippen molar-refractivity contribution < 1.29 is 9.59 Å². The highest BCUT2D eigenvalue weighted by atomic mass is 16.2. The normalized spacial score (nSPS) is 26.8. The quantitative estimate of drug-likeness (QED) is 0.877. The van der Waals surface area contributed by atoms with E-state index in [9.17, 15) is 9.59 Å². The number of fused-ring (bicyclic) bond motifs is 2. The van der Waals surface area contributed by atoms with Crippen molar-refractivity contribution >= 4 is 17.5 Å². The average molecular weight is 314 g/mol. The smallest absolute Gasteiger partial charge is 0.224 e. The number of anilines is 1. The van der Waals surface area contributed by atoms with E-state index in [1.54, 1.807) is 0 Å². The van der Waals surface area contributed by atoms with Gasteiger partial charge in [0.15, 0.2) is 0 Å². The van der Waals surface area contributed by atoms with E-state index in [2.05, 4.69) is 17.6 Å².